The Labute approximate surface area is 174 Å². The fourth-order valence-corrected chi connectivity index (χ4v) is 3.80. The number of amides is 1. The van der Waals surface area contributed by atoms with Gasteiger partial charge in [-0.25, -0.2) is 4.98 Å². The molecule has 1 fully saturated rings. The van der Waals surface area contributed by atoms with Crippen LogP contribution in [0, 0.1) is 13.8 Å². The second-order valence-electron chi connectivity index (χ2n) is 7.26. The molecule has 7 nitrogen and oxygen atoms in total. The predicted molar refractivity (Wildman–Crippen MR) is 112 cm³/mol. The van der Waals surface area contributed by atoms with Gasteiger partial charge >= 0.3 is 0 Å². The third-order valence-corrected chi connectivity index (χ3v) is 5.22. The maximum Gasteiger partial charge on any atom is 0.256 e. The van der Waals surface area contributed by atoms with E-state index in [1.807, 2.05) is 20.9 Å². The lowest BCUT2D eigenvalue weighted by molar-refractivity contribution is 0.0682. The van der Waals surface area contributed by atoms with E-state index in [1.165, 1.54) is 0 Å². The van der Waals surface area contributed by atoms with Crippen LogP contribution in [0.5, 0.6) is 5.75 Å². The number of nitrogens with one attached hydrogen (secondary N) is 1. The molecule has 152 valence electrons. The van der Waals surface area contributed by atoms with Crippen LogP contribution in [0.15, 0.2) is 24.3 Å². The van der Waals surface area contributed by atoms with Crippen molar-refractivity contribution in [2.24, 2.45) is 7.05 Å². The van der Waals surface area contributed by atoms with Gasteiger partial charge in [-0.1, -0.05) is 11.6 Å². The molecule has 0 saturated carbocycles. The number of ether oxygens (including phenoxy) is 2. The van der Waals surface area contributed by atoms with E-state index in [2.05, 4.69) is 15.4 Å². The smallest absolute Gasteiger partial charge is 0.256 e. The Bertz CT molecular complexity index is 1070. The highest BCUT2D eigenvalue weighted by molar-refractivity contribution is 6.31. The minimum Gasteiger partial charge on any atom is -0.489 e. The predicted octanol–water partition coefficient (Wildman–Crippen LogP) is 4.05. The minimum absolute atomic E-state index is 0.0785. The Morgan fingerprint density at radius 1 is 1.38 bits per heavy atom. The number of aryl methyl sites for hydroxylation is 3. The molecular formula is C21H23ClN4O3. The summed E-state index contributed by atoms with van der Waals surface area (Å²) in [5.41, 5.74) is 3.20. The molecule has 1 aliphatic rings. The van der Waals surface area contributed by atoms with E-state index in [-0.39, 0.29) is 12.0 Å². The molecule has 0 aliphatic carbocycles. The third-order valence-electron chi connectivity index (χ3n) is 4.98. The highest BCUT2D eigenvalue weighted by Crippen LogP contribution is 2.30. The first-order valence-electron chi connectivity index (χ1n) is 9.58. The second kappa shape index (κ2) is 8.00. The van der Waals surface area contributed by atoms with Gasteiger partial charge in [-0.2, -0.15) is 5.10 Å². The second-order valence-corrected chi connectivity index (χ2v) is 7.70. The first-order valence-corrected chi connectivity index (χ1v) is 9.96. The Balaban J connectivity index is 1.63. The molecule has 1 amide bonds. The van der Waals surface area contributed by atoms with Crippen molar-refractivity contribution >= 4 is 34.2 Å². The number of pyridine rings is 1. The monoisotopic (exact) mass is 414 g/mol. The van der Waals surface area contributed by atoms with Crippen LogP contribution in [0.25, 0.3) is 11.0 Å². The van der Waals surface area contributed by atoms with Crippen molar-refractivity contribution in [3.05, 3.63) is 46.2 Å². The molecular weight excluding hydrogens is 392 g/mol. The molecule has 0 bridgehead atoms. The summed E-state index contributed by atoms with van der Waals surface area (Å²) in [6.07, 6.45) is 2.10. The molecule has 1 saturated heterocycles. The first kappa shape index (κ1) is 19.7. The lowest BCUT2D eigenvalue weighted by Crippen LogP contribution is -2.18. The van der Waals surface area contributed by atoms with Gasteiger partial charge in [0.25, 0.3) is 5.91 Å². The van der Waals surface area contributed by atoms with E-state index < -0.39 is 0 Å². The Kier molecular flexibility index (Phi) is 5.43. The zero-order chi connectivity index (χ0) is 20.5. The van der Waals surface area contributed by atoms with Crippen molar-refractivity contribution < 1.29 is 14.3 Å². The molecule has 1 N–H and O–H groups in total. The van der Waals surface area contributed by atoms with E-state index in [0.29, 0.717) is 34.3 Å². The van der Waals surface area contributed by atoms with Gasteiger partial charge in [-0.05, 0) is 51.0 Å². The van der Waals surface area contributed by atoms with Crippen LogP contribution in [0.1, 0.15) is 34.6 Å². The quantitative estimate of drug-likeness (QED) is 0.681. The van der Waals surface area contributed by atoms with Crippen LogP contribution in [0.4, 0.5) is 5.69 Å². The van der Waals surface area contributed by atoms with Crippen molar-refractivity contribution in [2.45, 2.75) is 32.8 Å². The van der Waals surface area contributed by atoms with E-state index in [1.54, 1.807) is 28.9 Å². The minimum atomic E-state index is -0.263. The highest BCUT2D eigenvalue weighted by atomic mass is 35.5. The zero-order valence-corrected chi connectivity index (χ0v) is 17.4. The summed E-state index contributed by atoms with van der Waals surface area (Å²) in [6.45, 7) is 4.92. The fraction of sp³-hybridized carbons (Fsp3) is 0.381. The van der Waals surface area contributed by atoms with Crippen molar-refractivity contribution in [3.8, 4) is 5.75 Å². The number of benzene rings is 1. The number of carbonyl (C=O) groups excluding carboxylic acids is 1. The van der Waals surface area contributed by atoms with Crippen LogP contribution in [-0.2, 0) is 11.8 Å². The first-order chi connectivity index (χ1) is 13.9. The van der Waals surface area contributed by atoms with Gasteiger partial charge < -0.3 is 14.8 Å². The van der Waals surface area contributed by atoms with Crippen LogP contribution >= 0.6 is 11.6 Å². The zero-order valence-electron chi connectivity index (χ0n) is 16.7. The molecule has 3 aromatic rings. The van der Waals surface area contributed by atoms with Gasteiger partial charge in [0, 0.05) is 24.4 Å². The average molecular weight is 415 g/mol. The van der Waals surface area contributed by atoms with Gasteiger partial charge in [0.1, 0.15) is 12.4 Å². The van der Waals surface area contributed by atoms with Crippen LogP contribution in [0.3, 0.4) is 0 Å². The van der Waals surface area contributed by atoms with E-state index >= 15 is 0 Å². The number of anilines is 1. The number of rotatable bonds is 5. The summed E-state index contributed by atoms with van der Waals surface area (Å²) >= 11 is 6.17. The molecule has 1 atom stereocenters. The normalized spacial score (nSPS) is 16.3. The highest BCUT2D eigenvalue weighted by Gasteiger charge is 2.20. The number of hydrogen-bond acceptors (Lipinski definition) is 5. The lowest BCUT2D eigenvalue weighted by atomic mass is 10.1. The molecule has 3 heterocycles. The van der Waals surface area contributed by atoms with Gasteiger partial charge in [0.05, 0.1) is 28.4 Å². The van der Waals surface area contributed by atoms with Crippen molar-refractivity contribution in [1.29, 1.82) is 0 Å². The molecule has 0 radical (unpaired) electrons. The SMILES string of the molecule is Cc1cc(C(=O)Nc2cc(Cl)ccc2OCC2CCCO2)c2c(C)nn(C)c2n1. The average Bonchev–Trinajstić information content (AvgIpc) is 3.29. The molecule has 29 heavy (non-hydrogen) atoms. The number of carbonyl (C=O) groups is 1. The van der Waals surface area contributed by atoms with Crippen molar-refractivity contribution in [2.75, 3.05) is 18.5 Å². The largest absolute Gasteiger partial charge is 0.489 e. The molecule has 0 spiro atoms. The molecule has 8 heteroatoms. The summed E-state index contributed by atoms with van der Waals surface area (Å²) in [7, 11) is 1.82. The molecule has 1 aliphatic heterocycles. The number of fused-ring (bicyclic) bond motifs is 1. The van der Waals surface area contributed by atoms with Crippen LogP contribution in [-0.4, -0.2) is 40.0 Å². The maximum atomic E-state index is 13.2. The summed E-state index contributed by atoms with van der Waals surface area (Å²) in [5, 5.41) is 8.59. The Morgan fingerprint density at radius 2 is 2.21 bits per heavy atom. The summed E-state index contributed by atoms with van der Waals surface area (Å²) < 4.78 is 13.2. The fourth-order valence-electron chi connectivity index (χ4n) is 3.62. The van der Waals surface area contributed by atoms with E-state index in [9.17, 15) is 4.79 Å². The maximum absolute atomic E-state index is 13.2. The van der Waals surface area contributed by atoms with Crippen LogP contribution < -0.4 is 10.1 Å². The Hall–Kier alpha value is -2.64. The Morgan fingerprint density at radius 3 is 2.97 bits per heavy atom. The summed E-state index contributed by atoms with van der Waals surface area (Å²) in [5.74, 6) is 0.295. The summed E-state index contributed by atoms with van der Waals surface area (Å²) in [6, 6.07) is 6.95. The number of nitrogens with zero attached hydrogens (tertiary/aromatic N) is 3. The van der Waals surface area contributed by atoms with Gasteiger partial charge in [-0.15, -0.1) is 0 Å². The van der Waals surface area contributed by atoms with Crippen LogP contribution in [0.2, 0.25) is 5.02 Å². The van der Waals surface area contributed by atoms with Crippen molar-refractivity contribution in [3.63, 3.8) is 0 Å². The van der Waals surface area contributed by atoms with E-state index in [0.717, 1.165) is 36.2 Å². The summed E-state index contributed by atoms with van der Waals surface area (Å²) in [4.78, 5) is 17.7. The van der Waals surface area contributed by atoms with E-state index in [4.69, 9.17) is 21.1 Å². The molecule has 4 rings (SSSR count). The van der Waals surface area contributed by atoms with Gasteiger partial charge in [0.15, 0.2) is 5.65 Å². The number of halogens is 1. The standard InChI is InChI=1S/C21H23ClN4O3/c1-12-9-16(19-13(2)25-26(3)20(19)23-12)21(27)24-17-10-14(22)6-7-18(17)29-11-15-5-4-8-28-15/h6-7,9-10,15H,4-5,8,11H2,1-3H3,(H,24,27). The number of hydrogen-bond donors (Lipinski definition) is 1. The topological polar surface area (TPSA) is 78.3 Å². The lowest BCUT2D eigenvalue weighted by Gasteiger charge is -2.16. The molecule has 2 aromatic heterocycles. The third kappa shape index (κ3) is 4.06. The van der Waals surface area contributed by atoms with Gasteiger partial charge in [0.2, 0.25) is 0 Å². The molecule has 1 aromatic carbocycles. The van der Waals surface area contributed by atoms with Gasteiger partial charge in [-0.3, -0.25) is 9.48 Å². The van der Waals surface area contributed by atoms with Crippen molar-refractivity contribution in [1.82, 2.24) is 14.8 Å². The number of aromatic nitrogens is 3. The molecule has 1 unspecified atom stereocenters.